The second-order valence-electron chi connectivity index (χ2n) is 7.70. The standard InChI is InChI=1S/C23H30FNO2/c1-17(2)7-9-19-5-4-6-20(14-19)15-25(12-11-23(26)27)16-21-13-18(3)8-10-22(21)24/h4-6,8,10,13-14,17H,7,9,11-12,15-16H2,1-3H3,(H,26,27). The first-order chi connectivity index (χ1) is 12.8. The molecule has 0 unspecified atom stereocenters. The molecule has 2 aromatic carbocycles. The van der Waals surface area contributed by atoms with Crippen molar-refractivity contribution in [1.82, 2.24) is 4.90 Å². The Bertz CT molecular complexity index is 758. The number of aliphatic carboxylic acids is 1. The number of aryl methyl sites for hydroxylation is 2. The molecule has 2 aromatic rings. The van der Waals surface area contributed by atoms with Crippen LogP contribution < -0.4 is 0 Å². The van der Waals surface area contributed by atoms with Gasteiger partial charge in [0.15, 0.2) is 0 Å². The summed E-state index contributed by atoms with van der Waals surface area (Å²) in [5.74, 6) is -0.424. The second kappa shape index (κ2) is 10.2. The molecule has 146 valence electrons. The second-order valence-corrected chi connectivity index (χ2v) is 7.70. The van der Waals surface area contributed by atoms with Crippen LogP contribution in [0.2, 0.25) is 0 Å². The average Bonchev–Trinajstić information content (AvgIpc) is 2.61. The molecular formula is C23H30FNO2. The van der Waals surface area contributed by atoms with Crippen LogP contribution in [0.4, 0.5) is 4.39 Å². The van der Waals surface area contributed by atoms with E-state index in [1.54, 1.807) is 6.07 Å². The van der Waals surface area contributed by atoms with E-state index in [4.69, 9.17) is 5.11 Å². The number of nitrogens with zero attached hydrogens (tertiary/aromatic N) is 1. The van der Waals surface area contributed by atoms with E-state index < -0.39 is 5.97 Å². The van der Waals surface area contributed by atoms with Crippen molar-refractivity contribution in [1.29, 1.82) is 0 Å². The van der Waals surface area contributed by atoms with E-state index in [-0.39, 0.29) is 12.2 Å². The third-order valence-electron chi connectivity index (χ3n) is 4.65. The highest BCUT2D eigenvalue weighted by Gasteiger charge is 2.13. The summed E-state index contributed by atoms with van der Waals surface area (Å²) in [5, 5.41) is 9.06. The molecule has 4 heteroatoms. The minimum atomic E-state index is -0.838. The SMILES string of the molecule is Cc1ccc(F)c(CN(CCC(=O)O)Cc2cccc(CCC(C)C)c2)c1. The van der Waals surface area contributed by atoms with Crippen molar-refractivity contribution in [3.8, 4) is 0 Å². The van der Waals surface area contributed by atoms with Gasteiger partial charge in [-0.05, 0) is 42.9 Å². The molecule has 0 radical (unpaired) electrons. The van der Waals surface area contributed by atoms with Gasteiger partial charge in [0, 0.05) is 25.2 Å². The molecule has 27 heavy (non-hydrogen) atoms. The van der Waals surface area contributed by atoms with Crippen LogP contribution in [-0.4, -0.2) is 22.5 Å². The summed E-state index contributed by atoms with van der Waals surface area (Å²) in [6.45, 7) is 7.76. The fourth-order valence-electron chi connectivity index (χ4n) is 3.13. The number of hydrogen-bond acceptors (Lipinski definition) is 2. The number of carboxylic acids is 1. The summed E-state index contributed by atoms with van der Waals surface area (Å²) in [7, 11) is 0. The molecule has 1 N–H and O–H groups in total. The van der Waals surface area contributed by atoms with E-state index in [0.717, 1.165) is 24.0 Å². The van der Waals surface area contributed by atoms with Gasteiger partial charge in [-0.15, -0.1) is 0 Å². The first kappa shape index (κ1) is 21.1. The summed E-state index contributed by atoms with van der Waals surface area (Å²) in [5.41, 5.74) is 4.03. The zero-order valence-corrected chi connectivity index (χ0v) is 16.5. The van der Waals surface area contributed by atoms with Crippen molar-refractivity contribution in [3.05, 3.63) is 70.5 Å². The largest absolute Gasteiger partial charge is 0.481 e. The van der Waals surface area contributed by atoms with Crippen LogP contribution in [0, 0.1) is 18.7 Å². The number of carboxylic acid groups (broad SMARTS) is 1. The fourth-order valence-corrected chi connectivity index (χ4v) is 3.13. The van der Waals surface area contributed by atoms with E-state index in [1.807, 2.05) is 24.0 Å². The zero-order valence-electron chi connectivity index (χ0n) is 16.5. The minimum absolute atomic E-state index is 0.0421. The predicted molar refractivity (Wildman–Crippen MR) is 107 cm³/mol. The molecule has 0 atom stereocenters. The van der Waals surface area contributed by atoms with Gasteiger partial charge in [0.1, 0.15) is 5.82 Å². The quantitative estimate of drug-likeness (QED) is 0.624. The summed E-state index contributed by atoms with van der Waals surface area (Å²) in [4.78, 5) is 13.0. The summed E-state index contributed by atoms with van der Waals surface area (Å²) in [6.07, 6.45) is 2.22. The molecule has 0 amide bonds. The van der Waals surface area contributed by atoms with E-state index in [2.05, 4.69) is 32.0 Å². The summed E-state index contributed by atoms with van der Waals surface area (Å²) < 4.78 is 14.2. The minimum Gasteiger partial charge on any atom is -0.481 e. The molecule has 0 saturated carbocycles. The first-order valence-corrected chi connectivity index (χ1v) is 9.60. The Balaban J connectivity index is 2.13. The molecule has 3 nitrogen and oxygen atoms in total. The molecule has 0 saturated heterocycles. The van der Waals surface area contributed by atoms with Crippen molar-refractivity contribution in [2.45, 2.75) is 53.1 Å². The number of halogens is 1. The lowest BCUT2D eigenvalue weighted by molar-refractivity contribution is -0.137. The number of carbonyl (C=O) groups is 1. The summed E-state index contributed by atoms with van der Waals surface area (Å²) >= 11 is 0. The molecule has 0 aromatic heterocycles. The maximum atomic E-state index is 14.2. The third kappa shape index (κ3) is 7.51. The number of hydrogen-bond donors (Lipinski definition) is 1. The van der Waals surface area contributed by atoms with Gasteiger partial charge in [-0.3, -0.25) is 9.69 Å². The van der Waals surface area contributed by atoms with Gasteiger partial charge in [0.05, 0.1) is 6.42 Å². The van der Waals surface area contributed by atoms with Crippen molar-refractivity contribution in [3.63, 3.8) is 0 Å². The van der Waals surface area contributed by atoms with Gasteiger partial charge < -0.3 is 5.11 Å². The molecule has 0 spiro atoms. The normalized spacial score (nSPS) is 11.3. The third-order valence-corrected chi connectivity index (χ3v) is 4.65. The van der Waals surface area contributed by atoms with Crippen LogP contribution in [0.15, 0.2) is 42.5 Å². The van der Waals surface area contributed by atoms with Crippen LogP contribution in [0.5, 0.6) is 0 Å². The monoisotopic (exact) mass is 371 g/mol. The van der Waals surface area contributed by atoms with Crippen LogP contribution in [0.3, 0.4) is 0 Å². The van der Waals surface area contributed by atoms with Crippen LogP contribution in [-0.2, 0) is 24.3 Å². The van der Waals surface area contributed by atoms with E-state index in [9.17, 15) is 9.18 Å². The van der Waals surface area contributed by atoms with Gasteiger partial charge in [-0.2, -0.15) is 0 Å². The molecular weight excluding hydrogens is 341 g/mol. The van der Waals surface area contributed by atoms with E-state index in [0.29, 0.717) is 31.1 Å². The van der Waals surface area contributed by atoms with Crippen LogP contribution in [0.1, 0.15) is 48.9 Å². The van der Waals surface area contributed by atoms with Crippen molar-refractivity contribution < 1.29 is 14.3 Å². The number of benzene rings is 2. The maximum Gasteiger partial charge on any atom is 0.304 e. The van der Waals surface area contributed by atoms with Gasteiger partial charge in [0.25, 0.3) is 0 Å². The lowest BCUT2D eigenvalue weighted by Crippen LogP contribution is -2.26. The smallest absolute Gasteiger partial charge is 0.304 e. The van der Waals surface area contributed by atoms with Gasteiger partial charge in [0.2, 0.25) is 0 Å². The number of rotatable bonds is 10. The highest BCUT2D eigenvalue weighted by Crippen LogP contribution is 2.17. The molecule has 0 aliphatic heterocycles. The predicted octanol–water partition coefficient (Wildman–Crippen LogP) is 5.20. The molecule has 0 bridgehead atoms. The Kier molecular flexibility index (Phi) is 7.99. The van der Waals surface area contributed by atoms with Crippen molar-refractivity contribution >= 4 is 5.97 Å². The summed E-state index contributed by atoms with van der Waals surface area (Å²) in [6, 6.07) is 13.5. The maximum absolute atomic E-state index is 14.2. The Morgan fingerprint density at radius 1 is 1.11 bits per heavy atom. The average molecular weight is 371 g/mol. The molecule has 0 aliphatic rings. The first-order valence-electron chi connectivity index (χ1n) is 9.60. The van der Waals surface area contributed by atoms with Gasteiger partial charge >= 0.3 is 5.97 Å². The molecule has 0 aliphatic carbocycles. The Labute approximate surface area is 161 Å². The van der Waals surface area contributed by atoms with Crippen LogP contribution in [0.25, 0.3) is 0 Å². The van der Waals surface area contributed by atoms with E-state index >= 15 is 0 Å². The molecule has 0 heterocycles. The lowest BCUT2D eigenvalue weighted by Gasteiger charge is -2.23. The molecule has 0 fully saturated rings. The van der Waals surface area contributed by atoms with E-state index in [1.165, 1.54) is 11.6 Å². The highest BCUT2D eigenvalue weighted by molar-refractivity contribution is 5.66. The topological polar surface area (TPSA) is 40.5 Å². The van der Waals surface area contributed by atoms with Gasteiger partial charge in [-0.1, -0.05) is 55.8 Å². The van der Waals surface area contributed by atoms with Crippen molar-refractivity contribution in [2.24, 2.45) is 5.92 Å². The zero-order chi connectivity index (χ0) is 19.8. The molecule has 2 rings (SSSR count). The fraction of sp³-hybridized carbons (Fsp3) is 0.435. The Hall–Kier alpha value is -2.20. The highest BCUT2D eigenvalue weighted by atomic mass is 19.1. The Morgan fingerprint density at radius 3 is 2.56 bits per heavy atom. The Morgan fingerprint density at radius 2 is 1.85 bits per heavy atom. The van der Waals surface area contributed by atoms with Crippen molar-refractivity contribution in [2.75, 3.05) is 6.54 Å². The van der Waals surface area contributed by atoms with Gasteiger partial charge in [-0.25, -0.2) is 4.39 Å². The van der Waals surface area contributed by atoms with Crippen LogP contribution >= 0.6 is 0 Å². The lowest BCUT2D eigenvalue weighted by atomic mass is 10.0.